The maximum absolute atomic E-state index is 11.2. The Morgan fingerprint density at radius 1 is 1.38 bits per heavy atom. The first kappa shape index (κ1) is 8.22. The molecule has 2 amide bonds. The Labute approximate surface area is 74.4 Å². The van der Waals surface area contributed by atoms with Crippen LogP contribution in [0.5, 0.6) is 0 Å². The standard InChI is InChI=1S/C8H9NO4/c1-2-13-8(12)5-3-4(5)7(11)9-6(3)10/h3-5H,2H2,1H3,(H,9,10,11)/t3-,4-/m1/s1. The molecule has 70 valence electrons. The van der Waals surface area contributed by atoms with Crippen LogP contribution in [0.25, 0.3) is 0 Å². The van der Waals surface area contributed by atoms with Gasteiger partial charge in [-0.05, 0) is 6.92 Å². The molecule has 0 bridgehead atoms. The van der Waals surface area contributed by atoms with Gasteiger partial charge in [0.2, 0.25) is 11.8 Å². The van der Waals surface area contributed by atoms with Crippen LogP contribution in [0.15, 0.2) is 0 Å². The minimum absolute atomic E-state index is 0.282. The number of imide groups is 1. The molecule has 13 heavy (non-hydrogen) atoms. The lowest BCUT2D eigenvalue weighted by atomic mass is 10.3. The van der Waals surface area contributed by atoms with Gasteiger partial charge in [0.15, 0.2) is 0 Å². The third-order valence-corrected chi connectivity index (χ3v) is 2.43. The summed E-state index contributed by atoms with van der Waals surface area (Å²) in [7, 11) is 0. The molecular formula is C8H9NO4. The van der Waals surface area contributed by atoms with Crippen molar-refractivity contribution >= 4 is 17.8 Å². The molecule has 1 saturated heterocycles. The van der Waals surface area contributed by atoms with Crippen molar-refractivity contribution < 1.29 is 19.1 Å². The van der Waals surface area contributed by atoms with E-state index in [4.69, 9.17) is 4.74 Å². The van der Waals surface area contributed by atoms with E-state index in [1.54, 1.807) is 6.92 Å². The third kappa shape index (κ3) is 1.03. The molecular weight excluding hydrogens is 174 g/mol. The molecule has 1 heterocycles. The Bertz CT molecular complexity index is 279. The highest BCUT2D eigenvalue weighted by Gasteiger charge is 2.68. The van der Waals surface area contributed by atoms with Gasteiger partial charge in [0.25, 0.3) is 0 Å². The predicted molar refractivity (Wildman–Crippen MR) is 40.3 cm³/mol. The van der Waals surface area contributed by atoms with E-state index in [1.807, 2.05) is 0 Å². The van der Waals surface area contributed by atoms with Crippen LogP contribution in [0.3, 0.4) is 0 Å². The van der Waals surface area contributed by atoms with Gasteiger partial charge in [-0.3, -0.25) is 19.7 Å². The summed E-state index contributed by atoms with van der Waals surface area (Å²) in [5.74, 6) is -2.53. The van der Waals surface area contributed by atoms with E-state index in [0.717, 1.165) is 0 Å². The molecule has 1 saturated carbocycles. The zero-order valence-electron chi connectivity index (χ0n) is 7.07. The Hall–Kier alpha value is -1.39. The first-order valence-corrected chi connectivity index (χ1v) is 4.18. The van der Waals surface area contributed by atoms with Crippen molar-refractivity contribution in [3.05, 3.63) is 0 Å². The summed E-state index contributed by atoms with van der Waals surface area (Å²) in [6.07, 6.45) is 0. The Morgan fingerprint density at radius 2 is 1.92 bits per heavy atom. The van der Waals surface area contributed by atoms with Gasteiger partial charge < -0.3 is 4.74 Å². The average molecular weight is 183 g/mol. The first-order chi connectivity index (χ1) is 6.16. The molecule has 1 aliphatic carbocycles. The second kappa shape index (κ2) is 2.55. The third-order valence-electron chi connectivity index (χ3n) is 2.43. The number of esters is 1. The molecule has 0 aromatic carbocycles. The number of amides is 2. The molecule has 0 unspecified atom stereocenters. The van der Waals surface area contributed by atoms with Crippen molar-refractivity contribution in [2.75, 3.05) is 6.61 Å². The quantitative estimate of drug-likeness (QED) is 0.443. The largest absolute Gasteiger partial charge is 0.466 e. The number of carbonyl (C=O) groups is 3. The van der Waals surface area contributed by atoms with E-state index >= 15 is 0 Å². The van der Waals surface area contributed by atoms with E-state index in [0.29, 0.717) is 0 Å². The van der Waals surface area contributed by atoms with Crippen LogP contribution in [0, 0.1) is 17.8 Å². The maximum atomic E-state index is 11.2. The van der Waals surface area contributed by atoms with Crippen LogP contribution < -0.4 is 5.32 Å². The summed E-state index contributed by atoms with van der Waals surface area (Å²) < 4.78 is 4.73. The predicted octanol–water partition coefficient (Wildman–Crippen LogP) is -0.932. The number of fused-ring (bicyclic) bond motifs is 1. The van der Waals surface area contributed by atoms with Gasteiger partial charge in [-0.1, -0.05) is 0 Å². The van der Waals surface area contributed by atoms with Crippen LogP contribution in [-0.2, 0) is 19.1 Å². The first-order valence-electron chi connectivity index (χ1n) is 4.18. The molecule has 5 nitrogen and oxygen atoms in total. The highest BCUT2D eigenvalue weighted by molar-refractivity contribution is 6.13. The maximum Gasteiger partial charge on any atom is 0.310 e. The minimum Gasteiger partial charge on any atom is -0.466 e. The molecule has 5 heteroatoms. The number of carbonyl (C=O) groups excluding carboxylic acids is 3. The lowest BCUT2D eigenvalue weighted by Crippen LogP contribution is -2.29. The van der Waals surface area contributed by atoms with Crippen molar-refractivity contribution in [2.45, 2.75) is 6.92 Å². The van der Waals surface area contributed by atoms with Gasteiger partial charge >= 0.3 is 5.97 Å². The molecule has 0 aromatic heterocycles. The lowest BCUT2D eigenvalue weighted by molar-refractivity contribution is -0.148. The van der Waals surface area contributed by atoms with Gasteiger partial charge in [0.1, 0.15) is 0 Å². The molecule has 2 aliphatic rings. The summed E-state index contributed by atoms with van der Waals surface area (Å²) in [4.78, 5) is 33.2. The van der Waals surface area contributed by atoms with Crippen LogP contribution >= 0.6 is 0 Å². The van der Waals surface area contributed by atoms with Crippen LogP contribution in [0.1, 0.15) is 6.92 Å². The van der Waals surface area contributed by atoms with E-state index < -0.39 is 23.7 Å². The lowest BCUT2D eigenvalue weighted by Gasteiger charge is -2.02. The van der Waals surface area contributed by atoms with Crippen molar-refractivity contribution in [1.82, 2.24) is 5.32 Å². The Balaban J connectivity index is 2.04. The molecule has 2 rings (SSSR count). The fraction of sp³-hybridized carbons (Fsp3) is 0.625. The van der Waals surface area contributed by atoms with Gasteiger partial charge in [-0.2, -0.15) is 0 Å². The van der Waals surface area contributed by atoms with Gasteiger partial charge in [0.05, 0.1) is 24.4 Å². The molecule has 1 N–H and O–H groups in total. The zero-order valence-corrected chi connectivity index (χ0v) is 7.07. The highest BCUT2D eigenvalue weighted by Crippen LogP contribution is 2.50. The summed E-state index contributed by atoms with van der Waals surface area (Å²) in [6.45, 7) is 1.97. The number of nitrogens with one attached hydrogen (secondary N) is 1. The molecule has 1 aliphatic heterocycles. The number of piperidine rings is 1. The van der Waals surface area contributed by atoms with Gasteiger partial charge in [-0.25, -0.2) is 0 Å². The van der Waals surface area contributed by atoms with Crippen LogP contribution in [0.2, 0.25) is 0 Å². The summed E-state index contributed by atoms with van der Waals surface area (Å²) in [5.41, 5.74) is 0. The fourth-order valence-electron chi connectivity index (χ4n) is 1.78. The molecule has 0 aromatic rings. The summed E-state index contributed by atoms with van der Waals surface area (Å²) in [6, 6.07) is 0. The zero-order chi connectivity index (χ0) is 9.59. The topological polar surface area (TPSA) is 72.5 Å². The summed E-state index contributed by atoms with van der Waals surface area (Å²) in [5, 5.41) is 2.16. The number of hydrogen-bond acceptors (Lipinski definition) is 4. The summed E-state index contributed by atoms with van der Waals surface area (Å²) >= 11 is 0. The van der Waals surface area contributed by atoms with E-state index in [2.05, 4.69) is 5.32 Å². The SMILES string of the molecule is CCOC(=O)C1[C@@H]2C(=O)NC(=O)[C@@H]12. The van der Waals surface area contributed by atoms with Crippen molar-refractivity contribution in [3.8, 4) is 0 Å². The monoisotopic (exact) mass is 183 g/mol. The van der Waals surface area contributed by atoms with E-state index in [9.17, 15) is 14.4 Å². The van der Waals surface area contributed by atoms with Crippen LogP contribution in [0.4, 0.5) is 0 Å². The number of ether oxygens (including phenoxy) is 1. The van der Waals surface area contributed by atoms with Crippen LogP contribution in [-0.4, -0.2) is 24.4 Å². The minimum atomic E-state index is -0.513. The average Bonchev–Trinajstić information content (AvgIpc) is 2.72. The van der Waals surface area contributed by atoms with Gasteiger partial charge in [0, 0.05) is 0 Å². The Kier molecular flexibility index (Phi) is 1.61. The van der Waals surface area contributed by atoms with Crippen molar-refractivity contribution in [3.63, 3.8) is 0 Å². The molecule has 2 atom stereocenters. The normalized spacial score (nSPS) is 35.3. The van der Waals surface area contributed by atoms with Gasteiger partial charge in [-0.15, -0.1) is 0 Å². The fourth-order valence-corrected chi connectivity index (χ4v) is 1.78. The molecule has 0 radical (unpaired) electrons. The molecule has 0 spiro atoms. The Morgan fingerprint density at radius 3 is 2.38 bits per heavy atom. The van der Waals surface area contributed by atoms with Crippen molar-refractivity contribution in [2.24, 2.45) is 17.8 Å². The number of hydrogen-bond donors (Lipinski definition) is 1. The van der Waals surface area contributed by atoms with Crippen molar-refractivity contribution in [1.29, 1.82) is 0 Å². The smallest absolute Gasteiger partial charge is 0.310 e. The van der Waals surface area contributed by atoms with E-state index in [-0.39, 0.29) is 18.4 Å². The van der Waals surface area contributed by atoms with E-state index in [1.165, 1.54) is 0 Å². The number of rotatable bonds is 2. The highest BCUT2D eigenvalue weighted by atomic mass is 16.5. The second-order valence-electron chi connectivity index (χ2n) is 3.18. The second-order valence-corrected chi connectivity index (χ2v) is 3.18. The molecule has 2 fully saturated rings.